The highest BCUT2D eigenvalue weighted by Gasteiger charge is 2.35. The van der Waals surface area contributed by atoms with Crippen molar-refractivity contribution in [3.63, 3.8) is 0 Å². The van der Waals surface area contributed by atoms with E-state index in [1.54, 1.807) is 0 Å². The van der Waals surface area contributed by atoms with Crippen LogP contribution in [0.15, 0.2) is 0 Å². The van der Waals surface area contributed by atoms with Crippen molar-refractivity contribution >= 4 is 11.8 Å². The van der Waals surface area contributed by atoms with Crippen molar-refractivity contribution in [1.29, 1.82) is 0 Å². The van der Waals surface area contributed by atoms with Crippen LogP contribution in [0.2, 0.25) is 0 Å². The molecule has 2 N–H and O–H groups in total. The maximum absolute atomic E-state index is 12.8. The summed E-state index contributed by atoms with van der Waals surface area (Å²) < 4.78 is 5.30. The van der Waals surface area contributed by atoms with Gasteiger partial charge in [-0.2, -0.15) is 0 Å². The Morgan fingerprint density at radius 3 is 2.08 bits per heavy atom. The molecule has 1 saturated carbocycles. The first kappa shape index (κ1) is 19.6. The van der Waals surface area contributed by atoms with Gasteiger partial charge in [0.15, 0.2) is 0 Å². The molecule has 26 heavy (non-hydrogen) atoms. The van der Waals surface area contributed by atoms with Crippen LogP contribution in [0.25, 0.3) is 0 Å². The minimum Gasteiger partial charge on any atom is -0.378 e. The molecule has 7 heteroatoms. The van der Waals surface area contributed by atoms with Crippen molar-refractivity contribution in [2.24, 2.45) is 11.1 Å². The molecule has 0 aromatic rings. The fraction of sp³-hybridized carbons (Fsp3) is 0.895. The van der Waals surface area contributed by atoms with Gasteiger partial charge in [0.2, 0.25) is 11.8 Å². The zero-order chi connectivity index (χ0) is 18.4. The molecule has 0 radical (unpaired) electrons. The lowest BCUT2D eigenvalue weighted by atomic mass is 9.71. The van der Waals surface area contributed by atoms with Gasteiger partial charge < -0.3 is 20.3 Å². The third-order valence-corrected chi connectivity index (χ3v) is 6.32. The number of nitrogens with two attached hydrogens (primary N) is 1. The monoisotopic (exact) mass is 366 g/mol. The molecule has 2 saturated heterocycles. The smallest absolute Gasteiger partial charge is 0.236 e. The lowest BCUT2D eigenvalue weighted by molar-refractivity contribution is -0.138. The second-order valence-electron chi connectivity index (χ2n) is 8.09. The summed E-state index contributed by atoms with van der Waals surface area (Å²) in [5.74, 6) is 0.425. The van der Waals surface area contributed by atoms with Crippen LogP contribution < -0.4 is 5.73 Å². The highest BCUT2D eigenvalue weighted by molar-refractivity contribution is 5.79. The van der Waals surface area contributed by atoms with Crippen LogP contribution in [0.3, 0.4) is 0 Å². The normalized spacial score (nSPS) is 24.5. The van der Waals surface area contributed by atoms with Gasteiger partial charge in [0.1, 0.15) is 0 Å². The second kappa shape index (κ2) is 9.15. The number of amides is 2. The lowest BCUT2D eigenvalue weighted by Crippen LogP contribution is -2.53. The highest BCUT2D eigenvalue weighted by atomic mass is 16.5. The van der Waals surface area contributed by atoms with E-state index in [-0.39, 0.29) is 17.2 Å². The van der Waals surface area contributed by atoms with Crippen molar-refractivity contribution in [3.8, 4) is 0 Å². The van der Waals surface area contributed by atoms with Crippen LogP contribution in [0.5, 0.6) is 0 Å². The summed E-state index contributed by atoms with van der Waals surface area (Å²) in [7, 11) is 0. The number of ether oxygens (including phenoxy) is 1. The van der Waals surface area contributed by atoms with Crippen molar-refractivity contribution in [2.75, 3.05) is 65.6 Å². The van der Waals surface area contributed by atoms with E-state index in [0.29, 0.717) is 45.8 Å². The van der Waals surface area contributed by atoms with Crippen LogP contribution in [0.1, 0.15) is 38.5 Å². The van der Waals surface area contributed by atoms with Crippen molar-refractivity contribution in [2.45, 2.75) is 38.5 Å². The molecule has 0 bridgehead atoms. The summed E-state index contributed by atoms with van der Waals surface area (Å²) in [5.41, 5.74) is 6.06. The maximum Gasteiger partial charge on any atom is 0.236 e. The van der Waals surface area contributed by atoms with E-state index in [1.165, 1.54) is 19.3 Å². The predicted molar refractivity (Wildman–Crippen MR) is 99.6 cm³/mol. The largest absolute Gasteiger partial charge is 0.378 e. The Balaban J connectivity index is 1.42. The van der Waals surface area contributed by atoms with E-state index in [1.807, 2.05) is 9.80 Å². The third kappa shape index (κ3) is 4.96. The van der Waals surface area contributed by atoms with Gasteiger partial charge in [-0.3, -0.25) is 14.5 Å². The Morgan fingerprint density at radius 1 is 0.846 bits per heavy atom. The molecule has 0 unspecified atom stereocenters. The standard InChI is InChI=1S/C19H34N4O3/c20-16-19(4-2-1-3-5-19)14-17(24)22-8-6-21(7-9-22)15-18(25)23-10-12-26-13-11-23/h1-16,20H2. The molecular formula is C19H34N4O3. The Kier molecular flexibility index (Phi) is 6.89. The summed E-state index contributed by atoms with van der Waals surface area (Å²) in [6.07, 6.45) is 6.43. The number of rotatable bonds is 5. The van der Waals surface area contributed by atoms with E-state index in [4.69, 9.17) is 10.5 Å². The topological polar surface area (TPSA) is 79.1 Å². The molecular weight excluding hydrogens is 332 g/mol. The molecule has 0 spiro atoms. The van der Waals surface area contributed by atoms with Crippen LogP contribution in [0.4, 0.5) is 0 Å². The van der Waals surface area contributed by atoms with Crippen molar-refractivity contribution in [1.82, 2.24) is 14.7 Å². The summed E-state index contributed by atoms with van der Waals surface area (Å²) in [6.45, 7) is 6.72. The van der Waals surface area contributed by atoms with Crippen LogP contribution >= 0.6 is 0 Å². The van der Waals surface area contributed by atoms with E-state index in [0.717, 1.165) is 39.0 Å². The van der Waals surface area contributed by atoms with E-state index in [2.05, 4.69) is 4.90 Å². The van der Waals surface area contributed by atoms with Gasteiger partial charge in [-0.25, -0.2) is 0 Å². The molecule has 3 aliphatic rings. The molecule has 0 atom stereocenters. The average molecular weight is 367 g/mol. The number of carbonyl (C=O) groups excluding carboxylic acids is 2. The number of carbonyl (C=O) groups is 2. The molecule has 7 nitrogen and oxygen atoms in total. The maximum atomic E-state index is 12.8. The van der Waals surface area contributed by atoms with Crippen LogP contribution in [-0.4, -0.2) is 92.1 Å². The first-order valence-electron chi connectivity index (χ1n) is 10.2. The number of piperazine rings is 1. The number of nitrogens with zero attached hydrogens (tertiary/aromatic N) is 3. The zero-order valence-electron chi connectivity index (χ0n) is 16.0. The SMILES string of the molecule is NCC1(CC(=O)N2CCN(CC(=O)N3CCOCC3)CC2)CCCCC1. The molecule has 148 valence electrons. The van der Waals surface area contributed by atoms with E-state index in [9.17, 15) is 9.59 Å². The molecule has 2 aliphatic heterocycles. The molecule has 3 fully saturated rings. The molecule has 1 aliphatic carbocycles. The molecule has 2 amide bonds. The fourth-order valence-electron chi connectivity index (χ4n) is 4.45. The molecule has 0 aromatic heterocycles. The van der Waals surface area contributed by atoms with Crippen molar-refractivity contribution < 1.29 is 14.3 Å². The Hall–Kier alpha value is -1.18. The quantitative estimate of drug-likeness (QED) is 0.757. The van der Waals surface area contributed by atoms with Gasteiger partial charge in [0.05, 0.1) is 19.8 Å². The van der Waals surface area contributed by atoms with E-state index >= 15 is 0 Å². The first-order valence-corrected chi connectivity index (χ1v) is 10.2. The van der Waals surface area contributed by atoms with Crippen molar-refractivity contribution in [3.05, 3.63) is 0 Å². The third-order valence-electron chi connectivity index (χ3n) is 6.32. The average Bonchev–Trinajstić information content (AvgIpc) is 2.70. The Morgan fingerprint density at radius 2 is 1.46 bits per heavy atom. The van der Waals surface area contributed by atoms with Gasteiger partial charge in [0, 0.05) is 45.7 Å². The van der Waals surface area contributed by atoms with Gasteiger partial charge in [-0.1, -0.05) is 19.3 Å². The molecule has 0 aromatic carbocycles. The molecule has 3 rings (SSSR count). The zero-order valence-corrected chi connectivity index (χ0v) is 16.0. The van der Waals surface area contributed by atoms with Gasteiger partial charge in [-0.05, 0) is 24.8 Å². The first-order chi connectivity index (χ1) is 12.6. The summed E-state index contributed by atoms with van der Waals surface area (Å²) in [6, 6.07) is 0. The summed E-state index contributed by atoms with van der Waals surface area (Å²) in [5, 5.41) is 0. The van der Waals surface area contributed by atoms with Crippen LogP contribution in [-0.2, 0) is 14.3 Å². The fourth-order valence-corrected chi connectivity index (χ4v) is 4.45. The second-order valence-corrected chi connectivity index (χ2v) is 8.09. The van der Waals surface area contributed by atoms with Gasteiger partial charge >= 0.3 is 0 Å². The lowest BCUT2D eigenvalue weighted by Gasteiger charge is -2.40. The predicted octanol–water partition coefficient (Wildman–Crippen LogP) is 0.289. The summed E-state index contributed by atoms with van der Waals surface area (Å²) >= 11 is 0. The Bertz CT molecular complexity index is 479. The van der Waals surface area contributed by atoms with E-state index < -0.39 is 0 Å². The minimum absolute atomic E-state index is 0.0266. The number of morpholine rings is 1. The Labute approximate surface area is 156 Å². The van der Waals surface area contributed by atoms with Gasteiger partial charge in [0.25, 0.3) is 0 Å². The minimum atomic E-state index is 0.0266. The van der Waals surface area contributed by atoms with Gasteiger partial charge in [-0.15, -0.1) is 0 Å². The highest BCUT2D eigenvalue weighted by Crippen LogP contribution is 2.38. The molecule has 2 heterocycles. The summed E-state index contributed by atoms with van der Waals surface area (Å²) in [4.78, 5) is 31.2. The number of hydrogen-bond acceptors (Lipinski definition) is 5. The number of hydrogen-bond donors (Lipinski definition) is 1. The van der Waals surface area contributed by atoms with Crippen LogP contribution in [0, 0.1) is 5.41 Å².